The van der Waals surface area contributed by atoms with Gasteiger partial charge in [0.1, 0.15) is 17.3 Å². The summed E-state index contributed by atoms with van der Waals surface area (Å²) in [7, 11) is 0. The molecule has 3 aliphatic heterocycles. The molecule has 2 fully saturated rings. The average Bonchev–Trinajstić information content (AvgIpc) is 2.95. The van der Waals surface area contributed by atoms with Crippen molar-refractivity contribution in [1.29, 1.82) is 0 Å². The highest BCUT2D eigenvalue weighted by molar-refractivity contribution is 6.31. The number of para-hydroxylation sites is 2. The first-order valence-electron chi connectivity index (χ1n) is 10.7. The van der Waals surface area contributed by atoms with Gasteiger partial charge >= 0.3 is 0 Å². The molecular weight excluding hydrogens is 400 g/mol. The molecule has 5 rings (SSSR count). The zero-order valence-electron chi connectivity index (χ0n) is 17.1. The predicted octanol–water partition coefficient (Wildman–Crippen LogP) is 3.47. The van der Waals surface area contributed by atoms with Gasteiger partial charge in [-0.1, -0.05) is 23.7 Å². The molecular formula is C23H27ClN4O2. The number of piperazine rings is 1. The summed E-state index contributed by atoms with van der Waals surface area (Å²) in [6, 6.07) is 13.7. The Morgan fingerprint density at radius 1 is 0.833 bits per heavy atom. The van der Waals surface area contributed by atoms with Crippen molar-refractivity contribution in [2.24, 2.45) is 4.99 Å². The van der Waals surface area contributed by atoms with Crippen LogP contribution in [-0.4, -0.2) is 86.1 Å². The summed E-state index contributed by atoms with van der Waals surface area (Å²) in [6.45, 7) is 9.98. The number of aliphatic imine (C=N–C) groups is 1. The molecule has 3 aliphatic rings. The van der Waals surface area contributed by atoms with Gasteiger partial charge in [-0.3, -0.25) is 9.80 Å². The molecule has 0 bridgehead atoms. The topological polar surface area (TPSA) is 40.5 Å². The van der Waals surface area contributed by atoms with E-state index in [4.69, 9.17) is 26.1 Å². The van der Waals surface area contributed by atoms with Gasteiger partial charge in [0, 0.05) is 57.4 Å². The second-order valence-electron chi connectivity index (χ2n) is 7.93. The van der Waals surface area contributed by atoms with Crippen molar-refractivity contribution >= 4 is 23.1 Å². The highest BCUT2D eigenvalue weighted by atomic mass is 35.5. The number of hydrogen-bond acceptors (Lipinski definition) is 6. The van der Waals surface area contributed by atoms with Crippen LogP contribution in [0.4, 0.5) is 5.69 Å². The number of morpholine rings is 1. The maximum Gasteiger partial charge on any atom is 0.153 e. The fraction of sp³-hybridized carbons (Fsp3) is 0.435. The Morgan fingerprint density at radius 3 is 2.37 bits per heavy atom. The number of rotatable bonds is 3. The highest BCUT2D eigenvalue weighted by Gasteiger charge is 2.26. The first-order chi connectivity index (χ1) is 14.8. The van der Waals surface area contributed by atoms with Gasteiger partial charge < -0.3 is 14.4 Å². The van der Waals surface area contributed by atoms with Crippen LogP contribution < -0.4 is 4.74 Å². The Kier molecular flexibility index (Phi) is 5.91. The number of hydrogen-bond donors (Lipinski definition) is 0. The van der Waals surface area contributed by atoms with E-state index in [9.17, 15) is 0 Å². The molecule has 0 spiro atoms. The number of fused-ring (bicyclic) bond motifs is 2. The summed E-state index contributed by atoms with van der Waals surface area (Å²) in [4.78, 5) is 12.4. The minimum Gasteiger partial charge on any atom is -0.454 e. The van der Waals surface area contributed by atoms with E-state index in [-0.39, 0.29) is 0 Å². The standard InChI is InChI=1S/C23H27ClN4O2/c24-18-5-6-21-19(17-18)23(25-20-3-1-2-4-22(20)30-21)28-11-9-26(10-12-28)7-8-27-13-15-29-16-14-27/h1-6,17H,7-16H2. The van der Waals surface area contributed by atoms with Gasteiger partial charge in [0.2, 0.25) is 0 Å². The average molecular weight is 427 g/mol. The zero-order chi connectivity index (χ0) is 20.3. The molecule has 2 saturated heterocycles. The summed E-state index contributed by atoms with van der Waals surface area (Å²) >= 11 is 6.33. The van der Waals surface area contributed by atoms with Crippen molar-refractivity contribution in [2.45, 2.75) is 0 Å². The van der Waals surface area contributed by atoms with Crippen molar-refractivity contribution in [2.75, 3.05) is 65.6 Å². The van der Waals surface area contributed by atoms with Crippen LogP contribution in [0, 0.1) is 0 Å². The van der Waals surface area contributed by atoms with Crippen molar-refractivity contribution in [3.63, 3.8) is 0 Å². The van der Waals surface area contributed by atoms with E-state index in [1.807, 2.05) is 42.5 Å². The van der Waals surface area contributed by atoms with E-state index in [0.29, 0.717) is 5.02 Å². The molecule has 2 aromatic rings. The van der Waals surface area contributed by atoms with Crippen molar-refractivity contribution in [1.82, 2.24) is 14.7 Å². The Morgan fingerprint density at radius 2 is 1.57 bits per heavy atom. The maximum absolute atomic E-state index is 6.33. The van der Waals surface area contributed by atoms with Crippen LogP contribution in [0.3, 0.4) is 0 Å². The van der Waals surface area contributed by atoms with Crippen LogP contribution in [0.5, 0.6) is 11.5 Å². The zero-order valence-corrected chi connectivity index (χ0v) is 17.9. The number of nitrogens with zero attached hydrogens (tertiary/aromatic N) is 4. The van der Waals surface area contributed by atoms with E-state index in [2.05, 4.69) is 14.7 Å². The van der Waals surface area contributed by atoms with E-state index < -0.39 is 0 Å². The molecule has 6 nitrogen and oxygen atoms in total. The molecule has 0 unspecified atom stereocenters. The summed E-state index contributed by atoms with van der Waals surface area (Å²) in [5.74, 6) is 2.53. The summed E-state index contributed by atoms with van der Waals surface area (Å²) in [5, 5.41) is 0.695. The smallest absolute Gasteiger partial charge is 0.153 e. The monoisotopic (exact) mass is 426 g/mol. The third-order valence-electron chi connectivity index (χ3n) is 6.00. The molecule has 2 aromatic carbocycles. The molecule has 3 heterocycles. The molecule has 0 aromatic heterocycles. The largest absolute Gasteiger partial charge is 0.454 e. The van der Waals surface area contributed by atoms with Gasteiger partial charge in [0.05, 0.1) is 18.8 Å². The van der Waals surface area contributed by atoms with E-state index in [1.165, 1.54) is 0 Å². The van der Waals surface area contributed by atoms with Crippen LogP contribution in [-0.2, 0) is 4.74 Å². The molecule has 0 N–H and O–H groups in total. The first kappa shape index (κ1) is 19.8. The van der Waals surface area contributed by atoms with Crippen LogP contribution in [0.1, 0.15) is 5.56 Å². The first-order valence-corrected chi connectivity index (χ1v) is 11.1. The van der Waals surface area contributed by atoms with Gasteiger partial charge in [-0.2, -0.15) is 0 Å². The van der Waals surface area contributed by atoms with Crippen LogP contribution in [0.2, 0.25) is 5.02 Å². The minimum atomic E-state index is 0.695. The van der Waals surface area contributed by atoms with Crippen molar-refractivity contribution < 1.29 is 9.47 Å². The quantitative estimate of drug-likeness (QED) is 0.751. The van der Waals surface area contributed by atoms with Crippen molar-refractivity contribution in [3.05, 3.63) is 53.1 Å². The molecule has 0 amide bonds. The molecule has 158 valence electrons. The van der Waals surface area contributed by atoms with Crippen LogP contribution in [0.15, 0.2) is 47.5 Å². The van der Waals surface area contributed by atoms with Gasteiger partial charge in [-0.15, -0.1) is 0 Å². The van der Waals surface area contributed by atoms with Gasteiger partial charge in [-0.05, 0) is 30.3 Å². The molecule has 0 atom stereocenters. The maximum atomic E-state index is 6.33. The minimum absolute atomic E-state index is 0.695. The molecule has 0 saturated carbocycles. The Hall–Kier alpha value is -2.12. The third-order valence-corrected chi connectivity index (χ3v) is 6.24. The number of amidine groups is 1. The van der Waals surface area contributed by atoms with Gasteiger partial charge in [0.25, 0.3) is 0 Å². The molecule has 0 radical (unpaired) electrons. The molecule has 30 heavy (non-hydrogen) atoms. The lowest BCUT2D eigenvalue weighted by Gasteiger charge is -2.37. The number of benzene rings is 2. The number of ether oxygens (including phenoxy) is 2. The van der Waals surface area contributed by atoms with Crippen LogP contribution >= 0.6 is 11.6 Å². The molecule has 0 aliphatic carbocycles. The predicted molar refractivity (Wildman–Crippen MR) is 119 cm³/mol. The second kappa shape index (κ2) is 8.94. The van der Waals surface area contributed by atoms with E-state index in [0.717, 1.165) is 94.2 Å². The lowest BCUT2D eigenvalue weighted by Crippen LogP contribution is -2.51. The highest BCUT2D eigenvalue weighted by Crippen LogP contribution is 2.38. The normalized spacial score (nSPS) is 20.0. The summed E-state index contributed by atoms with van der Waals surface area (Å²) in [6.07, 6.45) is 0. The Labute approximate surface area is 182 Å². The summed E-state index contributed by atoms with van der Waals surface area (Å²) < 4.78 is 11.6. The summed E-state index contributed by atoms with van der Waals surface area (Å²) in [5.41, 5.74) is 1.81. The van der Waals surface area contributed by atoms with Crippen LogP contribution in [0.25, 0.3) is 0 Å². The van der Waals surface area contributed by atoms with Gasteiger partial charge in [0.15, 0.2) is 5.75 Å². The number of halogens is 1. The van der Waals surface area contributed by atoms with Crippen molar-refractivity contribution in [3.8, 4) is 11.5 Å². The van der Waals surface area contributed by atoms with E-state index in [1.54, 1.807) is 0 Å². The fourth-order valence-electron chi connectivity index (χ4n) is 4.23. The van der Waals surface area contributed by atoms with E-state index >= 15 is 0 Å². The Balaban J connectivity index is 1.31. The lowest BCUT2D eigenvalue weighted by atomic mass is 10.1. The fourth-order valence-corrected chi connectivity index (χ4v) is 4.40. The van der Waals surface area contributed by atoms with Gasteiger partial charge in [-0.25, -0.2) is 4.99 Å². The SMILES string of the molecule is Clc1ccc2c(c1)C(N1CCN(CCN3CCOCC3)CC1)=Nc1ccccc1O2. The molecule has 7 heteroatoms. The third kappa shape index (κ3) is 4.32. The Bertz CT molecular complexity index is 921. The lowest BCUT2D eigenvalue weighted by molar-refractivity contribution is 0.0315. The second-order valence-corrected chi connectivity index (χ2v) is 8.36.